The number of tetrazole rings is 1. The maximum absolute atomic E-state index is 11.5. The fourth-order valence-corrected chi connectivity index (χ4v) is 1.38. The average Bonchev–Trinajstić information content (AvgIpc) is 2.83. The minimum absolute atomic E-state index is 0.0984. The molecule has 94 valence electrons. The smallest absolute Gasteiger partial charge is 0.269 e. The zero-order valence-electron chi connectivity index (χ0n) is 10.1. The molecule has 0 fully saturated rings. The summed E-state index contributed by atoms with van der Waals surface area (Å²) >= 11 is 0. The maximum atomic E-state index is 11.5. The van der Waals surface area contributed by atoms with Crippen LogP contribution in [-0.4, -0.2) is 33.1 Å². The van der Waals surface area contributed by atoms with Crippen LogP contribution in [0.2, 0.25) is 0 Å². The number of H-pyrrole nitrogens is 1. The Morgan fingerprint density at radius 2 is 2.28 bits per heavy atom. The Hall–Kier alpha value is -2.44. The van der Waals surface area contributed by atoms with Crippen molar-refractivity contribution in [3.63, 3.8) is 0 Å². The van der Waals surface area contributed by atoms with Gasteiger partial charge in [0.15, 0.2) is 6.61 Å². The number of nitrogens with one attached hydrogen (secondary N) is 2. The van der Waals surface area contributed by atoms with E-state index in [0.29, 0.717) is 5.75 Å². The summed E-state index contributed by atoms with van der Waals surface area (Å²) in [6.45, 7) is 3.79. The molecule has 0 aliphatic heterocycles. The lowest BCUT2D eigenvalue weighted by Crippen LogP contribution is -2.21. The molecule has 0 aliphatic rings. The molecule has 0 bridgehead atoms. The quantitative estimate of drug-likeness (QED) is 0.834. The summed E-state index contributed by atoms with van der Waals surface area (Å²) in [5.41, 5.74) is 2.06. The fourth-order valence-electron chi connectivity index (χ4n) is 1.38. The molecule has 1 heterocycles. The minimum Gasteiger partial charge on any atom is -0.483 e. The number of carbonyl (C=O) groups excluding carboxylic acids is 1. The van der Waals surface area contributed by atoms with Gasteiger partial charge >= 0.3 is 0 Å². The van der Waals surface area contributed by atoms with Crippen molar-refractivity contribution in [1.29, 1.82) is 0 Å². The number of benzene rings is 1. The zero-order chi connectivity index (χ0) is 13.0. The molecular formula is C11H13N5O2. The van der Waals surface area contributed by atoms with Crippen molar-refractivity contribution in [2.45, 2.75) is 13.8 Å². The molecule has 0 saturated heterocycles. The summed E-state index contributed by atoms with van der Waals surface area (Å²) in [6.07, 6.45) is 0. The van der Waals surface area contributed by atoms with Crippen LogP contribution in [0.25, 0.3) is 0 Å². The monoisotopic (exact) mass is 247 g/mol. The molecule has 0 radical (unpaired) electrons. The van der Waals surface area contributed by atoms with E-state index in [1.54, 1.807) is 0 Å². The number of aromatic amines is 1. The average molecular weight is 247 g/mol. The van der Waals surface area contributed by atoms with Crippen molar-refractivity contribution < 1.29 is 9.53 Å². The molecule has 7 nitrogen and oxygen atoms in total. The molecule has 1 aromatic carbocycles. The van der Waals surface area contributed by atoms with Gasteiger partial charge in [-0.2, -0.15) is 5.21 Å². The van der Waals surface area contributed by atoms with E-state index >= 15 is 0 Å². The molecule has 2 aromatic rings. The van der Waals surface area contributed by atoms with E-state index in [1.807, 2.05) is 32.0 Å². The second kappa shape index (κ2) is 5.26. The highest BCUT2D eigenvalue weighted by Crippen LogP contribution is 2.18. The topological polar surface area (TPSA) is 92.8 Å². The van der Waals surface area contributed by atoms with Crippen molar-refractivity contribution in [3.05, 3.63) is 29.3 Å². The second-order valence-corrected chi connectivity index (χ2v) is 3.84. The first-order valence-electron chi connectivity index (χ1n) is 5.38. The van der Waals surface area contributed by atoms with Crippen LogP contribution in [0, 0.1) is 13.8 Å². The first-order valence-corrected chi connectivity index (χ1v) is 5.38. The number of anilines is 1. The maximum Gasteiger partial charge on any atom is 0.269 e. The van der Waals surface area contributed by atoms with Crippen LogP contribution < -0.4 is 10.1 Å². The first-order chi connectivity index (χ1) is 8.65. The van der Waals surface area contributed by atoms with Crippen molar-refractivity contribution in [1.82, 2.24) is 20.6 Å². The van der Waals surface area contributed by atoms with Gasteiger partial charge in [0.05, 0.1) is 0 Å². The van der Waals surface area contributed by atoms with E-state index in [2.05, 4.69) is 25.9 Å². The number of aromatic nitrogens is 4. The van der Waals surface area contributed by atoms with Crippen LogP contribution in [0.3, 0.4) is 0 Å². The van der Waals surface area contributed by atoms with E-state index in [9.17, 15) is 4.79 Å². The SMILES string of the molecule is Cc1ccc(C)c(OCC(=O)Nc2nn[nH]n2)c1. The van der Waals surface area contributed by atoms with Gasteiger partial charge in [-0.1, -0.05) is 17.2 Å². The Balaban J connectivity index is 1.91. The molecule has 0 spiro atoms. The molecule has 2 rings (SSSR count). The molecule has 2 N–H and O–H groups in total. The van der Waals surface area contributed by atoms with Crippen LogP contribution in [0.4, 0.5) is 5.95 Å². The van der Waals surface area contributed by atoms with Gasteiger partial charge in [-0.05, 0) is 36.3 Å². The lowest BCUT2D eigenvalue weighted by atomic mass is 10.1. The normalized spacial score (nSPS) is 10.1. The van der Waals surface area contributed by atoms with E-state index < -0.39 is 0 Å². The van der Waals surface area contributed by atoms with E-state index in [0.717, 1.165) is 11.1 Å². The summed E-state index contributed by atoms with van der Waals surface area (Å²) in [7, 11) is 0. The summed E-state index contributed by atoms with van der Waals surface area (Å²) in [4.78, 5) is 11.5. The highest BCUT2D eigenvalue weighted by molar-refractivity contribution is 5.90. The number of hydrogen-bond acceptors (Lipinski definition) is 5. The Labute approximate surface area is 104 Å². The van der Waals surface area contributed by atoms with Gasteiger partial charge in [0.25, 0.3) is 11.9 Å². The lowest BCUT2D eigenvalue weighted by Gasteiger charge is -2.09. The van der Waals surface area contributed by atoms with E-state index in [4.69, 9.17) is 4.74 Å². The number of ether oxygens (including phenoxy) is 1. The van der Waals surface area contributed by atoms with Crippen molar-refractivity contribution >= 4 is 11.9 Å². The van der Waals surface area contributed by atoms with Crippen LogP contribution in [0.1, 0.15) is 11.1 Å². The van der Waals surface area contributed by atoms with Crippen LogP contribution in [0.5, 0.6) is 5.75 Å². The van der Waals surface area contributed by atoms with Gasteiger partial charge in [0, 0.05) is 0 Å². The largest absolute Gasteiger partial charge is 0.483 e. The number of nitrogens with zero attached hydrogens (tertiary/aromatic N) is 3. The Bertz CT molecular complexity index is 538. The number of hydrogen-bond donors (Lipinski definition) is 2. The Kier molecular flexibility index (Phi) is 3.52. The van der Waals surface area contributed by atoms with Gasteiger partial charge in [0.2, 0.25) is 0 Å². The van der Waals surface area contributed by atoms with E-state index in [1.165, 1.54) is 0 Å². The van der Waals surface area contributed by atoms with E-state index in [-0.39, 0.29) is 18.5 Å². The van der Waals surface area contributed by atoms with Crippen molar-refractivity contribution in [2.75, 3.05) is 11.9 Å². The zero-order valence-corrected chi connectivity index (χ0v) is 10.1. The third-order valence-corrected chi connectivity index (χ3v) is 2.30. The van der Waals surface area contributed by atoms with Crippen molar-refractivity contribution in [3.8, 4) is 5.75 Å². The Morgan fingerprint density at radius 3 is 3.00 bits per heavy atom. The second-order valence-electron chi connectivity index (χ2n) is 3.84. The summed E-state index contributed by atoms with van der Waals surface area (Å²) in [6, 6.07) is 5.82. The highest BCUT2D eigenvalue weighted by atomic mass is 16.5. The fraction of sp³-hybridized carbons (Fsp3) is 0.273. The molecule has 0 unspecified atom stereocenters. The molecular weight excluding hydrogens is 234 g/mol. The highest BCUT2D eigenvalue weighted by Gasteiger charge is 2.07. The van der Waals surface area contributed by atoms with Gasteiger partial charge in [0.1, 0.15) is 5.75 Å². The Morgan fingerprint density at radius 1 is 1.44 bits per heavy atom. The van der Waals surface area contributed by atoms with Gasteiger partial charge in [-0.15, -0.1) is 5.10 Å². The molecule has 1 aromatic heterocycles. The standard InChI is InChI=1S/C11H13N5O2/c1-7-3-4-8(2)9(5-7)18-6-10(17)12-11-13-15-16-14-11/h3-5H,6H2,1-2H3,(H2,12,13,14,15,16,17). The molecule has 0 atom stereocenters. The number of carbonyl (C=O) groups is 1. The van der Waals surface area contributed by atoms with Crippen LogP contribution >= 0.6 is 0 Å². The third-order valence-electron chi connectivity index (χ3n) is 2.30. The minimum atomic E-state index is -0.336. The number of rotatable bonds is 4. The third kappa shape index (κ3) is 3.03. The predicted octanol–water partition coefficient (Wildman–Crippen LogP) is 0.834. The van der Waals surface area contributed by atoms with Crippen LogP contribution in [0.15, 0.2) is 18.2 Å². The van der Waals surface area contributed by atoms with Crippen molar-refractivity contribution in [2.24, 2.45) is 0 Å². The van der Waals surface area contributed by atoms with Gasteiger partial charge < -0.3 is 4.74 Å². The molecule has 18 heavy (non-hydrogen) atoms. The van der Waals surface area contributed by atoms with Gasteiger partial charge in [-0.3, -0.25) is 10.1 Å². The summed E-state index contributed by atoms with van der Waals surface area (Å²) in [5.74, 6) is 0.486. The molecule has 7 heteroatoms. The summed E-state index contributed by atoms with van der Waals surface area (Å²) in [5, 5.41) is 15.2. The molecule has 1 amide bonds. The first kappa shape index (κ1) is 12.0. The summed E-state index contributed by atoms with van der Waals surface area (Å²) < 4.78 is 5.43. The lowest BCUT2D eigenvalue weighted by molar-refractivity contribution is -0.118. The predicted molar refractivity (Wildman–Crippen MR) is 64.2 cm³/mol. The number of aryl methyl sites for hydroxylation is 2. The number of amides is 1. The molecule has 0 saturated carbocycles. The van der Waals surface area contributed by atoms with Gasteiger partial charge in [-0.25, -0.2) is 0 Å². The molecule has 0 aliphatic carbocycles. The van der Waals surface area contributed by atoms with Crippen LogP contribution in [-0.2, 0) is 4.79 Å².